The zero-order valence-corrected chi connectivity index (χ0v) is 15.0. The molecule has 136 valence electrons. The zero-order chi connectivity index (χ0) is 19.0. The molecular formula is C19H15ClFN5O. The number of aromatic nitrogens is 3. The summed E-state index contributed by atoms with van der Waals surface area (Å²) in [6.45, 7) is 1.79. The van der Waals surface area contributed by atoms with Gasteiger partial charge in [0.05, 0.1) is 16.3 Å². The van der Waals surface area contributed by atoms with Crippen molar-refractivity contribution in [2.24, 2.45) is 0 Å². The Balaban J connectivity index is 1.77. The second-order valence-electron chi connectivity index (χ2n) is 6.08. The lowest BCUT2D eigenvalue weighted by Crippen LogP contribution is -2.31. The number of nitrogens with zero attached hydrogens (tertiary/aromatic N) is 3. The number of anilines is 2. The predicted molar refractivity (Wildman–Crippen MR) is 101 cm³/mol. The van der Waals surface area contributed by atoms with Crippen molar-refractivity contribution in [1.82, 2.24) is 14.8 Å². The fourth-order valence-corrected chi connectivity index (χ4v) is 3.27. The highest BCUT2D eigenvalue weighted by Gasteiger charge is 2.33. The van der Waals surface area contributed by atoms with Crippen LogP contribution in [0.2, 0.25) is 5.02 Å². The molecule has 0 fully saturated rings. The number of allylic oxidation sites excluding steroid dienone is 1. The smallest absolute Gasteiger partial charge is 0.255 e. The van der Waals surface area contributed by atoms with Gasteiger partial charge in [0.25, 0.3) is 5.91 Å². The number of benzene rings is 2. The van der Waals surface area contributed by atoms with E-state index in [-0.39, 0.29) is 11.7 Å². The zero-order valence-electron chi connectivity index (χ0n) is 14.3. The summed E-state index contributed by atoms with van der Waals surface area (Å²) in [5.41, 5.74) is 2.30. The van der Waals surface area contributed by atoms with Gasteiger partial charge in [-0.05, 0) is 36.8 Å². The monoisotopic (exact) mass is 383 g/mol. The van der Waals surface area contributed by atoms with Gasteiger partial charge in [-0.1, -0.05) is 35.9 Å². The number of nitrogens with one attached hydrogen (secondary N) is 2. The van der Waals surface area contributed by atoms with E-state index in [4.69, 9.17) is 11.6 Å². The number of rotatable bonds is 3. The Bertz CT molecular complexity index is 1040. The standard InChI is InChI=1S/C19H15ClFN5O/c1-11-16(18(27)25-15-5-3-2-4-14(15)20)17(12-6-8-13(21)9-7-12)26-19(24-11)22-10-23-26/h2-10,17H,1H3,(H,25,27)(H,22,23,24)/t17-/m1/s1. The van der Waals surface area contributed by atoms with Crippen molar-refractivity contribution in [3.63, 3.8) is 0 Å². The first-order valence-electron chi connectivity index (χ1n) is 8.23. The number of halogens is 2. The van der Waals surface area contributed by atoms with E-state index in [9.17, 15) is 9.18 Å². The van der Waals surface area contributed by atoms with Gasteiger partial charge in [-0.25, -0.2) is 9.07 Å². The summed E-state index contributed by atoms with van der Waals surface area (Å²) in [6.07, 6.45) is 1.40. The van der Waals surface area contributed by atoms with E-state index < -0.39 is 6.04 Å². The summed E-state index contributed by atoms with van der Waals surface area (Å²) in [6, 6.07) is 12.4. The molecule has 1 aliphatic rings. The predicted octanol–water partition coefficient (Wildman–Crippen LogP) is 4.00. The van der Waals surface area contributed by atoms with Crippen LogP contribution >= 0.6 is 11.6 Å². The Hall–Kier alpha value is -3.19. The second kappa shape index (κ2) is 6.85. The highest BCUT2D eigenvalue weighted by molar-refractivity contribution is 6.33. The molecule has 0 saturated carbocycles. The molecule has 2 N–H and O–H groups in total. The minimum Gasteiger partial charge on any atom is -0.328 e. The average Bonchev–Trinajstić information content (AvgIpc) is 3.11. The molecule has 1 atom stereocenters. The molecule has 0 bridgehead atoms. The lowest BCUT2D eigenvalue weighted by molar-refractivity contribution is -0.113. The van der Waals surface area contributed by atoms with Crippen molar-refractivity contribution in [3.8, 4) is 0 Å². The minimum absolute atomic E-state index is 0.330. The number of hydrogen-bond acceptors (Lipinski definition) is 4. The van der Waals surface area contributed by atoms with Gasteiger partial charge in [0.15, 0.2) is 0 Å². The summed E-state index contributed by atoms with van der Waals surface area (Å²) >= 11 is 6.16. The highest BCUT2D eigenvalue weighted by Crippen LogP contribution is 2.35. The third kappa shape index (κ3) is 3.17. The summed E-state index contributed by atoms with van der Waals surface area (Å²) in [7, 11) is 0. The molecule has 0 spiro atoms. The van der Waals surface area contributed by atoms with Crippen LogP contribution in [-0.4, -0.2) is 20.7 Å². The van der Waals surface area contributed by atoms with Crippen molar-refractivity contribution >= 4 is 29.1 Å². The van der Waals surface area contributed by atoms with Gasteiger partial charge in [-0.3, -0.25) is 4.79 Å². The number of carbonyl (C=O) groups is 1. The maximum Gasteiger partial charge on any atom is 0.255 e. The van der Waals surface area contributed by atoms with Crippen LogP contribution in [-0.2, 0) is 4.79 Å². The van der Waals surface area contributed by atoms with E-state index in [0.29, 0.717) is 33.5 Å². The normalized spacial score (nSPS) is 15.9. The minimum atomic E-state index is -0.549. The summed E-state index contributed by atoms with van der Waals surface area (Å²) in [5.74, 6) is -0.172. The molecule has 4 rings (SSSR count). The quantitative estimate of drug-likeness (QED) is 0.717. The molecule has 6 nitrogen and oxygen atoms in total. The van der Waals surface area contributed by atoms with Crippen molar-refractivity contribution in [2.75, 3.05) is 10.6 Å². The maximum atomic E-state index is 13.4. The van der Waals surface area contributed by atoms with Crippen LogP contribution in [0, 0.1) is 5.82 Å². The topological polar surface area (TPSA) is 71.8 Å². The molecular weight excluding hydrogens is 369 g/mol. The van der Waals surface area contributed by atoms with Gasteiger partial charge >= 0.3 is 0 Å². The lowest BCUT2D eigenvalue weighted by atomic mass is 9.95. The molecule has 3 aromatic rings. The van der Waals surface area contributed by atoms with E-state index >= 15 is 0 Å². The van der Waals surface area contributed by atoms with E-state index in [2.05, 4.69) is 20.7 Å². The second-order valence-corrected chi connectivity index (χ2v) is 6.49. The highest BCUT2D eigenvalue weighted by atomic mass is 35.5. The third-order valence-electron chi connectivity index (χ3n) is 4.35. The van der Waals surface area contributed by atoms with Crippen molar-refractivity contribution in [3.05, 3.63) is 82.5 Å². The van der Waals surface area contributed by atoms with E-state index in [1.54, 1.807) is 48.0 Å². The third-order valence-corrected chi connectivity index (χ3v) is 4.68. The van der Waals surface area contributed by atoms with Gasteiger partial charge in [0, 0.05) is 5.70 Å². The molecule has 1 aliphatic heterocycles. The van der Waals surface area contributed by atoms with Crippen LogP contribution in [0.5, 0.6) is 0 Å². The van der Waals surface area contributed by atoms with Crippen LogP contribution in [0.4, 0.5) is 16.0 Å². The van der Waals surface area contributed by atoms with Gasteiger partial charge in [-0.2, -0.15) is 10.1 Å². The molecule has 1 amide bonds. The van der Waals surface area contributed by atoms with Crippen LogP contribution < -0.4 is 10.6 Å². The first-order chi connectivity index (χ1) is 13.0. The Morgan fingerprint density at radius 1 is 1.22 bits per heavy atom. The number of hydrogen-bond donors (Lipinski definition) is 2. The molecule has 0 unspecified atom stereocenters. The largest absolute Gasteiger partial charge is 0.328 e. The number of amides is 1. The van der Waals surface area contributed by atoms with Crippen LogP contribution in [0.3, 0.4) is 0 Å². The summed E-state index contributed by atoms with van der Waals surface area (Å²) in [4.78, 5) is 17.3. The van der Waals surface area contributed by atoms with E-state index in [1.807, 2.05) is 0 Å². The molecule has 0 radical (unpaired) electrons. The summed E-state index contributed by atoms with van der Waals surface area (Å²) in [5, 5.41) is 10.6. The Morgan fingerprint density at radius 3 is 2.70 bits per heavy atom. The maximum absolute atomic E-state index is 13.4. The average molecular weight is 384 g/mol. The molecule has 8 heteroatoms. The van der Waals surface area contributed by atoms with Crippen molar-refractivity contribution in [2.45, 2.75) is 13.0 Å². The van der Waals surface area contributed by atoms with Crippen molar-refractivity contribution in [1.29, 1.82) is 0 Å². The first kappa shape index (κ1) is 17.2. The Kier molecular flexibility index (Phi) is 4.37. The van der Waals surface area contributed by atoms with Gasteiger partial charge in [-0.15, -0.1) is 0 Å². The van der Waals surface area contributed by atoms with Crippen LogP contribution in [0.25, 0.3) is 0 Å². The molecule has 2 heterocycles. The molecule has 27 heavy (non-hydrogen) atoms. The Labute approximate surface area is 159 Å². The van der Waals surface area contributed by atoms with Gasteiger partial charge < -0.3 is 10.6 Å². The van der Waals surface area contributed by atoms with Crippen LogP contribution in [0.1, 0.15) is 18.5 Å². The van der Waals surface area contributed by atoms with Gasteiger partial charge in [0.2, 0.25) is 5.95 Å². The lowest BCUT2D eigenvalue weighted by Gasteiger charge is -2.28. The number of fused-ring (bicyclic) bond motifs is 1. The fourth-order valence-electron chi connectivity index (χ4n) is 3.09. The number of para-hydroxylation sites is 1. The van der Waals surface area contributed by atoms with Crippen molar-refractivity contribution < 1.29 is 9.18 Å². The van der Waals surface area contributed by atoms with E-state index in [1.165, 1.54) is 18.5 Å². The fraction of sp³-hybridized carbons (Fsp3) is 0.105. The molecule has 1 aromatic heterocycles. The summed E-state index contributed by atoms with van der Waals surface area (Å²) < 4.78 is 15.0. The molecule has 2 aromatic carbocycles. The molecule has 0 saturated heterocycles. The van der Waals surface area contributed by atoms with Crippen LogP contribution in [0.15, 0.2) is 66.1 Å². The van der Waals surface area contributed by atoms with Gasteiger partial charge in [0.1, 0.15) is 18.2 Å². The SMILES string of the molecule is CC1=C(C(=O)Nc2ccccc2Cl)[C@@H](c2ccc(F)cc2)n2ncnc2N1. The first-order valence-corrected chi connectivity index (χ1v) is 8.61. The Morgan fingerprint density at radius 2 is 1.96 bits per heavy atom. The molecule has 0 aliphatic carbocycles. The number of carbonyl (C=O) groups excluding carboxylic acids is 1. The van der Waals surface area contributed by atoms with E-state index in [0.717, 1.165) is 0 Å².